The quantitative estimate of drug-likeness (QED) is 0.551. The molecule has 2 amide bonds. The van der Waals surface area contributed by atoms with Crippen LogP contribution in [0.3, 0.4) is 0 Å². The molecule has 26 heavy (non-hydrogen) atoms. The van der Waals surface area contributed by atoms with E-state index in [1.807, 2.05) is 0 Å². The molecular weight excluding hydrogens is 342 g/mol. The summed E-state index contributed by atoms with van der Waals surface area (Å²) in [5.74, 6) is -0.725. The van der Waals surface area contributed by atoms with Gasteiger partial charge >= 0.3 is 18.2 Å². The smallest absolute Gasteiger partial charge is 0.420 e. The van der Waals surface area contributed by atoms with E-state index >= 15 is 0 Å². The van der Waals surface area contributed by atoms with Crippen LogP contribution in [0.5, 0.6) is 0 Å². The zero-order valence-electron chi connectivity index (χ0n) is 16.8. The van der Waals surface area contributed by atoms with Crippen LogP contribution in [0.2, 0.25) is 0 Å². The van der Waals surface area contributed by atoms with Gasteiger partial charge < -0.3 is 18.9 Å². The van der Waals surface area contributed by atoms with E-state index < -0.39 is 35.4 Å². The van der Waals surface area contributed by atoms with Crippen molar-refractivity contribution in [3.63, 3.8) is 0 Å². The van der Waals surface area contributed by atoms with Gasteiger partial charge in [0.2, 0.25) is 0 Å². The Kier molecular flexibility index (Phi) is 7.44. The van der Waals surface area contributed by atoms with E-state index in [1.54, 1.807) is 41.5 Å². The fourth-order valence-electron chi connectivity index (χ4n) is 2.47. The Hall–Kier alpha value is -1.83. The number of carbonyl (C=O) groups is 3. The summed E-state index contributed by atoms with van der Waals surface area (Å²) in [6, 6.07) is -1.19. The van der Waals surface area contributed by atoms with E-state index in [0.29, 0.717) is 11.5 Å². The van der Waals surface area contributed by atoms with Gasteiger partial charge in [-0.2, -0.15) is 4.90 Å². The molecule has 2 unspecified atom stereocenters. The lowest BCUT2D eigenvalue weighted by atomic mass is 10.1. The minimum atomic E-state index is -1.19. The number of hydrogen-bond donors (Lipinski definition) is 0. The molecule has 0 aromatic carbocycles. The molecule has 8 nitrogen and oxygen atoms in total. The van der Waals surface area contributed by atoms with E-state index in [4.69, 9.17) is 18.9 Å². The third-order valence-corrected chi connectivity index (χ3v) is 3.48. The minimum absolute atomic E-state index is 0.130. The van der Waals surface area contributed by atoms with Gasteiger partial charge in [-0.3, -0.25) is 0 Å². The van der Waals surface area contributed by atoms with Crippen LogP contribution in [-0.4, -0.2) is 60.1 Å². The number of carbonyl (C=O) groups excluding carboxylic acids is 3. The molecule has 0 bridgehead atoms. The zero-order chi connectivity index (χ0) is 20.1. The van der Waals surface area contributed by atoms with Crippen molar-refractivity contribution in [2.75, 3.05) is 13.7 Å². The Labute approximate surface area is 155 Å². The van der Waals surface area contributed by atoms with Crippen LogP contribution in [0.25, 0.3) is 0 Å². The number of methoxy groups -OCH3 is 1. The van der Waals surface area contributed by atoms with Gasteiger partial charge in [0.05, 0.1) is 13.2 Å². The molecule has 1 saturated heterocycles. The summed E-state index contributed by atoms with van der Waals surface area (Å²) in [4.78, 5) is 38.4. The van der Waals surface area contributed by atoms with Crippen molar-refractivity contribution in [3.8, 4) is 0 Å². The van der Waals surface area contributed by atoms with Gasteiger partial charge in [-0.05, 0) is 54.4 Å². The molecule has 0 saturated carbocycles. The van der Waals surface area contributed by atoms with E-state index in [0.717, 1.165) is 12.8 Å². The van der Waals surface area contributed by atoms with Gasteiger partial charge in [-0.15, -0.1) is 0 Å². The van der Waals surface area contributed by atoms with Crippen LogP contribution in [0.4, 0.5) is 9.59 Å². The molecule has 1 rings (SSSR count). The van der Waals surface area contributed by atoms with Gasteiger partial charge in [-0.1, -0.05) is 0 Å². The van der Waals surface area contributed by atoms with E-state index in [-0.39, 0.29) is 12.5 Å². The highest BCUT2D eigenvalue weighted by atomic mass is 16.6. The van der Waals surface area contributed by atoms with Gasteiger partial charge in [0, 0.05) is 13.0 Å². The lowest BCUT2D eigenvalue weighted by Gasteiger charge is -2.32. The van der Waals surface area contributed by atoms with E-state index in [1.165, 1.54) is 7.11 Å². The van der Waals surface area contributed by atoms with Crippen LogP contribution >= 0.6 is 0 Å². The first-order chi connectivity index (χ1) is 11.8. The number of imide groups is 1. The lowest BCUT2D eigenvalue weighted by Crippen LogP contribution is -2.53. The van der Waals surface area contributed by atoms with Gasteiger partial charge in [0.25, 0.3) is 0 Å². The summed E-state index contributed by atoms with van der Waals surface area (Å²) >= 11 is 0. The van der Waals surface area contributed by atoms with Crippen molar-refractivity contribution in [2.45, 2.75) is 84.2 Å². The Bertz CT molecular complexity index is 485. The van der Waals surface area contributed by atoms with E-state index in [2.05, 4.69) is 0 Å². The molecule has 8 heteroatoms. The second kappa shape index (κ2) is 8.70. The summed E-state index contributed by atoms with van der Waals surface area (Å²) in [7, 11) is 1.20. The number of amides is 2. The van der Waals surface area contributed by atoms with Gasteiger partial charge in [0.15, 0.2) is 0 Å². The zero-order valence-corrected chi connectivity index (χ0v) is 16.8. The third kappa shape index (κ3) is 7.19. The van der Waals surface area contributed by atoms with Crippen molar-refractivity contribution >= 4 is 18.2 Å². The maximum Gasteiger partial charge on any atom is 0.420 e. The van der Waals surface area contributed by atoms with Gasteiger partial charge in [-0.25, -0.2) is 14.4 Å². The SMILES string of the molecule is COC(=O)C(CC1CCCO1)N(C(=O)OC(C)(C)C)C(=O)OC(C)(C)C. The molecule has 1 aliphatic rings. The maximum absolute atomic E-state index is 12.7. The number of ether oxygens (including phenoxy) is 4. The van der Waals surface area contributed by atoms with Crippen molar-refractivity contribution in [1.29, 1.82) is 0 Å². The summed E-state index contributed by atoms with van der Waals surface area (Å²) < 4.78 is 21.0. The number of hydrogen-bond acceptors (Lipinski definition) is 7. The predicted molar refractivity (Wildman–Crippen MR) is 93.7 cm³/mol. The number of nitrogens with zero attached hydrogens (tertiary/aromatic N) is 1. The summed E-state index contributed by atoms with van der Waals surface area (Å²) in [5, 5.41) is 0. The molecule has 150 valence electrons. The first kappa shape index (κ1) is 22.2. The fourth-order valence-corrected chi connectivity index (χ4v) is 2.47. The Balaban J connectivity index is 3.15. The maximum atomic E-state index is 12.7. The molecule has 1 aliphatic heterocycles. The molecule has 0 aromatic heterocycles. The molecule has 0 N–H and O–H groups in total. The van der Waals surface area contributed by atoms with Crippen LogP contribution in [0.1, 0.15) is 60.8 Å². The average molecular weight is 373 g/mol. The Morgan fingerprint density at radius 2 is 1.54 bits per heavy atom. The topological polar surface area (TPSA) is 91.4 Å². The predicted octanol–water partition coefficient (Wildman–Crippen LogP) is 3.27. The highest BCUT2D eigenvalue weighted by molar-refractivity contribution is 5.94. The summed E-state index contributed by atoms with van der Waals surface area (Å²) in [6.07, 6.45) is -0.432. The van der Waals surface area contributed by atoms with Crippen molar-refractivity contribution in [2.24, 2.45) is 0 Å². The molecule has 0 aliphatic carbocycles. The van der Waals surface area contributed by atoms with Crippen molar-refractivity contribution < 1.29 is 33.3 Å². The second-order valence-electron chi connectivity index (χ2n) is 8.24. The molecule has 1 heterocycles. The fraction of sp³-hybridized carbons (Fsp3) is 0.833. The van der Waals surface area contributed by atoms with Crippen molar-refractivity contribution in [3.05, 3.63) is 0 Å². The largest absolute Gasteiger partial charge is 0.467 e. The lowest BCUT2D eigenvalue weighted by molar-refractivity contribution is -0.148. The third-order valence-electron chi connectivity index (χ3n) is 3.48. The Morgan fingerprint density at radius 3 is 1.88 bits per heavy atom. The number of esters is 1. The van der Waals surface area contributed by atoms with Crippen LogP contribution in [0, 0.1) is 0 Å². The van der Waals surface area contributed by atoms with E-state index in [9.17, 15) is 14.4 Å². The molecule has 0 radical (unpaired) electrons. The molecule has 0 spiro atoms. The van der Waals surface area contributed by atoms with Crippen LogP contribution in [-0.2, 0) is 23.7 Å². The standard InChI is InChI=1S/C18H31NO7/c1-17(2,3)25-15(21)19(16(22)26-18(4,5)6)13(14(20)23-7)11-12-9-8-10-24-12/h12-13H,8-11H2,1-7H3. The average Bonchev–Trinajstić information content (AvgIpc) is 2.94. The normalized spacial score (nSPS) is 18.8. The molecule has 2 atom stereocenters. The van der Waals surface area contributed by atoms with Gasteiger partial charge in [0.1, 0.15) is 17.2 Å². The highest BCUT2D eigenvalue weighted by Gasteiger charge is 2.42. The molecular formula is C18H31NO7. The van der Waals surface area contributed by atoms with Crippen LogP contribution < -0.4 is 0 Å². The summed E-state index contributed by atoms with van der Waals surface area (Å²) in [5.41, 5.74) is -1.69. The summed E-state index contributed by atoms with van der Waals surface area (Å²) in [6.45, 7) is 10.6. The monoisotopic (exact) mass is 373 g/mol. The first-order valence-electron chi connectivity index (χ1n) is 8.78. The molecule has 1 fully saturated rings. The minimum Gasteiger partial charge on any atom is -0.467 e. The Morgan fingerprint density at radius 1 is 1.04 bits per heavy atom. The second-order valence-corrected chi connectivity index (χ2v) is 8.24. The molecule has 0 aromatic rings. The highest BCUT2D eigenvalue weighted by Crippen LogP contribution is 2.24. The van der Waals surface area contributed by atoms with Crippen molar-refractivity contribution in [1.82, 2.24) is 4.90 Å². The van der Waals surface area contributed by atoms with Crippen LogP contribution in [0.15, 0.2) is 0 Å². The number of rotatable bonds is 4. The first-order valence-corrected chi connectivity index (χ1v) is 8.78.